The van der Waals surface area contributed by atoms with Crippen molar-refractivity contribution in [3.8, 4) is 0 Å². The van der Waals surface area contributed by atoms with Gasteiger partial charge < -0.3 is 15.6 Å². The van der Waals surface area contributed by atoms with Gasteiger partial charge >= 0.3 is 0 Å². The lowest BCUT2D eigenvalue weighted by atomic mass is 9.88. The van der Waals surface area contributed by atoms with E-state index in [0.29, 0.717) is 13.0 Å². The maximum absolute atomic E-state index is 12.3. The minimum atomic E-state index is -0.0505. The van der Waals surface area contributed by atoms with E-state index in [1.807, 2.05) is 23.4 Å². The van der Waals surface area contributed by atoms with Gasteiger partial charge in [-0.05, 0) is 44.7 Å². The normalized spacial score (nSPS) is 23.1. The highest BCUT2D eigenvalue weighted by Gasteiger charge is 2.35. The number of carbonyl (C=O) groups excluding carboxylic acids is 1. The molecule has 1 unspecified atom stereocenters. The topological polar surface area (TPSA) is 62.1 Å². The van der Waals surface area contributed by atoms with Crippen molar-refractivity contribution in [3.05, 3.63) is 24.0 Å². The minimum Gasteiger partial charge on any atom is -0.367 e. The Bertz CT molecular complexity index is 397. The number of nitrogens with two attached hydrogens (primary N) is 1. The van der Waals surface area contributed by atoms with Crippen LogP contribution in [0, 0.1) is 0 Å². The molecule has 1 fully saturated rings. The predicted molar refractivity (Wildman–Crippen MR) is 72.1 cm³/mol. The molecule has 0 aliphatic carbocycles. The first kappa shape index (κ1) is 13.1. The lowest BCUT2D eigenvalue weighted by Gasteiger charge is -2.45. The number of H-pyrrole nitrogens is 1. The molecule has 0 radical (unpaired) electrons. The number of piperidine rings is 1. The number of rotatable bonds is 3. The molecule has 1 aromatic heterocycles. The number of amides is 1. The van der Waals surface area contributed by atoms with Crippen molar-refractivity contribution >= 4 is 5.91 Å². The minimum absolute atomic E-state index is 0.0505. The third-order valence-electron chi connectivity index (χ3n) is 3.87. The zero-order valence-electron chi connectivity index (χ0n) is 11.3. The molecule has 2 heterocycles. The number of aromatic amines is 1. The van der Waals surface area contributed by atoms with Gasteiger partial charge in [0.25, 0.3) is 0 Å². The zero-order chi connectivity index (χ0) is 13.2. The molecule has 4 heteroatoms. The van der Waals surface area contributed by atoms with Crippen LogP contribution in [0.2, 0.25) is 0 Å². The molecule has 3 N–H and O–H groups in total. The third-order valence-corrected chi connectivity index (χ3v) is 3.87. The quantitative estimate of drug-likeness (QED) is 0.856. The molecule has 18 heavy (non-hydrogen) atoms. The molecule has 0 spiro atoms. The molecular formula is C14H23N3O. The number of aromatic nitrogens is 1. The fourth-order valence-electron chi connectivity index (χ4n) is 2.59. The average molecular weight is 249 g/mol. The van der Waals surface area contributed by atoms with Crippen LogP contribution < -0.4 is 5.73 Å². The Morgan fingerprint density at radius 1 is 1.61 bits per heavy atom. The van der Waals surface area contributed by atoms with Gasteiger partial charge in [-0.1, -0.05) is 0 Å². The van der Waals surface area contributed by atoms with E-state index in [9.17, 15) is 4.79 Å². The lowest BCUT2D eigenvalue weighted by molar-refractivity contribution is -0.138. The van der Waals surface area contributed by atoms with E-state index in [0.717, 1.165) is 19.3 Å². The van der Waals surface area contributed by atoms with Crippen LogP contribution in [0.4, 0.5) is 0 Å². The first-order valence-electron chi connectivity index (χ1n) is 6.67. The number of nitrogens with zero attached hydrogens (tertiary/aromatic N) is 1. The molecule has 1 aromatic rings. The van der Waals surface area contributed by atoms with E-state index < -0.39 is 0 Å². The van der Waals surface area contributed by atoms with E-state index in [-0.39, 0.29) is 17.5 Å². The van der Waals surface area contributed by atoms with Gasteiger partial charge in [-0.3, -0.25) is 4.79 Å². The highest BCUT2D eigenvalue weighted by Crippen LogP contribution is 2.27. The van der Waals surface area contributed by atoms with Gasteiger partial charge in [-0.15, -0.1) is 0 Å². The predicted octanol–water partition coefficient (Wildman–Crippen LogP) is 1.68. The Balaban J connectivity index is 1.94. The van der Waals surface area contributed by atoms with Crippen molar-refractivity contribution in [2.45, 2.75) is 51.1 Å². The summed E-state index contributed by atoms with van der Waals surface area (Å²) in [5.41, 5.74) is 7.11. The maximum atomic E-state index is 12.3. The van der Waals surface area contributed by atoms with Gasteiger partial charge in [0.1, 0.15) is 0 Å². The molecule has 1 amide bonds. The van der Waals surface area contributed by atoms with Gasteiger partial charge in [0.05, 0.1) is 0 Å². The van der Waals surface area contributed by atoms with Gasteiger partial charge in [0.15, 0.2) is 0 Å². The molecule has 0 aromatic carbocycles. The molecule has 0 bridgehead atoms. The van der Waals surface area contributed by atoms with E-state index >= 15 is 0 Å². The van der Waals surface area contributed by atoms with Crippen LogP contribution in [0.1, 0.15) is 38.7 Å². The van der Waals surface area contributed by atoms with Crippen LogP contribution in [-0.2, 0) is 11.2 Å². The van der Waals surface area contributed by atoms with Gasteiger partial charge in [0, 0.05) is 36.9 Å². The number of aryl methyl sites for hydroxylation is 1. The summed E-state index contributed by atoms with van der Waals surface area (Å²) in [6, 6.07) is 2.15. The molecule has 4 nitrogen and oxygen atoms in total. The fourth-order valence-corrected chi connectivity index (χ4v) is 2.59. The zero-order valence-corrected chi connectivity index (χ0v) is 11.3. The number of hydrogen-bond acceptors (Lipinski definition) is 2. The second-order valence-corrected chi connectivity index (χ2v) is 5.83. The molecular weight excluding hydrogens is 226 g/mol. The number of hydrogen-bond donors (Lipinski definition) is 2. The van der Waals surface area contributed by atoms with Crippen molar-refractivity contribution in [2.75, 3.05) is 6.54 Å². The van der Waals surface area contributed by atoms with Crippen LogP contribution >= 0.6 is 0 Å². The maximum Gasteiger partial charge on any atom is 0.223 e. The first-order chi connectivity index (χ1) is 8.49. The molecule has 1 aliphatic rings. The van der Waals surface area contributed by atoms with Crippen molar-refractivity contribution in [1.29, 1.82) is 0 Å². The van der Waals surface area contributed by atoms with E-state index in [2.05, 4.69) is 18.8 Å². The van der Waals surface area contributed by atoms with Gasteiger partial charge in [0.2, 0.25) is 5.91 Å². The molecule has 1 atom stereocenters. The number of likely N-dealkylation sites (tertiary alicyclic amines) is 1. The number of nitrogens with one attached hydrogen (secondary N) is 1. The first-order valence-corrected chi connectivity index (χ1v) is 6.67. The van der Waals surface area contributed by atoms with Crippen LogP contribution in [0.15, 0.2) is 18.5 Å². The van der Waals surface area contributed by atoms with E-state index in [1.54, 1.807) is 0 Å². The van der Waals surface area contributed by atoms with E-state index in [1.165, 1.54) is 5.56 Å². The summed E-state index contributed by atoms with van der Waals surface area (Å²) in [7, 11) is 0. The second-order valence-electron chi connectivity index (χ2n) is 5.83. The summed E-state index contributed by atoms with van der Waals surface area (Å²) in [5.74, 6) is 0.219. The van der Waals surface area contributed by atoms with Crippen LogP contribution in [-0.4, -0.2) is 33.9 Å². The summed E-state index contributed by atoms with van der Waals surface area (Å²) < 4.78 is 0. The molecule has 1 saturated heterocycles. The summed E-state index contributed by atoms with van der Waals surface area (Å²) in [4.78, 5) is 17.3. The van der Waals surface area contributed by atoms with Crippen LogP contribution in [0.3, 0.4) is 0 Å². The molecule has 0 saturated carbocycles. The van der Waals surface area contributed by atoms with Crippen molar-refractivity contribution in [1.82, 2.24) is 9.88 Å². The van der Waals surface area contributed by atoms with Crippen LogP contribution in [0.25, 0.3) is 0 Å². The largest absolute Gasteiger partial charge is 0.367 e. The average Bonchev–Trinajstić information content (AvgIpc) is 2.82. The molecule has 1 aliphatic heterocycles. The number of carbonyl (C=O) groups is 1. The summed E-state index contributed by atoms with van der Waals surface area (Å²) in [6.07, 6.45) is 7.19. The van der Waals surface area contributed by atoms with Crippen molar-refractivity contribution < 1.29 is 4.79 Å². The monoisotopic (exact) mass is 249 g/mol. The summed E-state index contributed by atoms with van der Waals surface area (Å²) in [5, 5.41) is 0. The van der Waals surface area contributed by atoms with Crippen molar-refractivity contribution in [3.63, 3.8) is 0 Å². The Labute approximate surface area is 109 Å². The van der Waals surface area contributed by atoms with E-state index in [4.69, 9.17) is 5.73 Å². The fraction of sp³-hybridized carbons (Fsp3) is 0.643. The standard InChI is InChI=1S/C14H23N3O/c1-14(2)7-5-12(15)10-17(14)13(18)4-3-11-6-8-16-9-11/h6,8-9,12,16H,3-5,7,10,15H2,1-2H3. The highest BCUT2D eigenvalue weighted by atomic mass is 16.2. The second kappa shape index (κ2) is 5.14. The highest BCUT2D eigenvalue weighted by molar-refractivity contribution is 5.77. The Morgan fingerprint density at radius 3 is 3.06 bits per heavy atom. The smallest absolute Gasteiger partial charge is 0.223 e. The van der Waals surface area contributed by atoms with Crippen molar-refractivity contribution in [2.24, 2.45) is 5.73 Å². The Morgan fingerprint density at radius 2 is 2.39 bits per heavy atom. The molecule has 2 rings (SSSR count). The Kier molecular flexibility index (Phi) is 3.76. The summed E-state index contributed by atoms with van der Waals surface area (Å²) in [6.45, 7) is 4.96. The lowest BCUT2D eigenvalue weighted by Crippen LogP contribution is -2.56. The SMILES string of the molecule is CC1(C)CCC(N)CN1C(=O)CCc1cc[nH]c1. The van der Waals surface area contributed by atoms with Gasteiger partial charge in [-0.25, -0.2) is 0 Å². The summed E-state index contributed by atoms with van der Waals surface area (Å²) >= 11 is 0. The van der Waals surface area contributed by atoms with Crippen LogP contribution in [0.5, 0.6) is 0 Å². The van der Waals surface area contributed by atoms with Gasteiger partial charge in [-0.2, -0.15) is 0 Å². The Hall–Kier alpha value is -1.29. The third kappa shape index (κ3) is 2.93. The molecule has 100 valence electrons.